The van der Waals surface area contributed by atoms with E-state index in [1.165, 1.54) is 23.9 Å². The van der Waals surface area contributed by atoms with Crippen molar-refractivity contribution in [2.75, 3.05) is 20.3 Å². The summed E-state index contributed by atoms with van der Waals surface area (Å²) >= 11 is 1.48. The summed E-state index contributed by atoms with van der Waals surface area (Å²) < 4.78 is 67.5. The van der Waals surface area contributed by atoms with E-state index in [9.17, 15) is 4.57 Å². The first-order valence-electron chi connectivity index (χ1n) is 7.19. The highest BCUT2D eigenvalue weighted by atomic mass is 32.2. The van der Waals surface area contributed by atoms with Gasteiger partial charge in [-0.25, -0.2) is 4.57 Å². The first kappa shape index (κ1) is 7.07. The topological polar surface area (TPSA) is 44.8 Å². The Kier molecular flexibility index (Phi) is 2.53. The molecule has 1 aromatic carbocycles. The van der Waals surface area contributed by atoms with Crippen LogP contribution in [-0.4, -0.2) is 20.3 Å². The van der Waals surface area contributed by atoms with Crippen molar-refractivity contribution in [3.8, 4) is 5.75 Å². The van der Waals surface area contributed by atoms with E-state index < -0.39 is 21.9 Å². The summed E-state index contributed by atoms with van der Waals surface area (Å²) in [5.41, 5.74) is 0.777. The first-order valence-corrected chi connectivity index (χ1v) is 6.88. The Morgan fingerprint density at radius 2 is 2.06 bits per heavy atom. The van der Waals surface area contributed by atoms with E-state index >= 15 is 0 Å². The molecule has 0 aromatic heterocycles. The average molecular weight is 268 g/mol. The third-order valence-electron chi connectivity index (χ3n) is 1.81. The maximum Gasteiger partial charge on any atom is 0.529 e. The van der Waals surface area contributed by atoms with Crippen molar-refractivity contribution in [3.63, 3.8) is 0 Å². The number of aryl methyl sites for hydroxylation is 1. The fourth-order valence-corrected chi connectivity index (χ4v) is 2.16. The highest BCUT2D eigenvalue weighted by Gasteiger charge is 2.24. The SMILES string of the molecule is [2H]C([2H])([2H])OP(=O)(Oc1ccc(SC)c(C)c1)OC([2H])([2H])[2H]. The van der Waals surface area contributed by atoms with Crippen molar-refractivity contribution in [2.24, 2.45) is 0 Å². The van der Waals surface area contributed by atoms with E-state index in [0.717, 1.165) is 10.5 Å². The standard InChI is InChI=1S/C10H15O4PS/c1-8-7-9(5-6-10(8)16-4)14-15(11,12-2)13-3/h5-7H,1-4H3/i2D3,3D3. The van der Waals surface area contributed by atoms with E-state index in [-0.39, 0.29) is 5.75 Å². The van der Waals surface area contributed by atoms with Crippen LogP contribution in [0, 0.1) is 6.92 Å². The van der Waals surface area contributed by atoms with Gasteiger partial charge in [0.2, 0.25) is 0 Å². The van der Waals surface area contributed by atoms with Gasteiger partial charge in [-0.05, 0) is 36.9 Å². The predicted molar refractivity (Wildman–Crippen MR) is 65.2 cm³/mol. The zero-order valence-corrected chi connectivity index (χ0v) is 10.4. The Labute approximate surface area is 108 Å². The molecule has 0 bridgehead atoms. The highest BCUT2D eigenvalue weighted by Crippen LogP contribution is 2.48. The van der Waals surface area contributed by atoms with Gasteiger partial charge in [0, 0.05) is 19.0 Å². The maximum absolute atomic E-state index is 12.3. The molecule has 0 fully saturated rings. The van der Waals surface area contributed by atoms with Crippen LogP contribution < -0.4 is 4.52 Å². The molecular formula is C10H15O4PS. The molecule has 0 N–H and O–H groups in total. The number of phosphoric acid groups is 1. The van der Waals surface area contributed by atoms with Crippen molar-refractivity contribution >= 4 is 19.6 Å². The van der Waals surface area contributed by atoms with Crippen LogP contribution in [0.4, 0.5) is 0 Å². The molecule has 0 unspecified atom stereocenters. The second-order valence-electron chi connectivity index (χ2n) is 2.85. The molecule has 0 aliphatic heterocycles. The smallest absolute Gasteiger partial charge is 0.404 e. The summed E-state index contributed by atoms with van der Waals surface area (Å²) in [4.78, 5) is 0.927. The summed E-state index contributed by atoms with van der Waals surface area (Å²) in [6.45, 7) is 1.76. The lowest BCUT2D eigenvalue weighted by atomic mass is 10.2. The van der Waals surface area contributed by atoms with Gasteiger partial charge in [-0.3, -0.25) is 9.05 Å². The number of hydrogen-bond acceptors (Lipinski definition) is 5. The van der Waals surface area contributed by atoms with Crippen LogP contribution in [0.5, 0.6) is 5.75 Å². The van der Waals surface area contributed by atoms with Gasteiger partial charge < -0.3 is 4.52 Å². The molecule has 90 valence electrons. The minimum Gasteiger partial charge on any atom is -0.404 e. The molecule has 4 nitrogen and oxygen atoms in total. The summed E-state index contributed by atoms with van der Waals surface area (Å²) in [5, 5.41) is 0. The fraction of sp³-hybridized carbons (Fsp3) is 0.400. The maximum atomic E-state index is 12.3. The van der Waals surface area contributed by atoms with Gasteiger partial charge in [0.1, 0.15) is 5.75 Å². The minimum absolute atomic E-state index is 0.0212. The Bertz CT molecular complexity index is 554. The molecule has 0 atom stereocenters. The van der Waals surface area contributed by atoms with Crippen molar-refractivity contribution in [1.82, 2.24) is 0 Å². The van der Waals surface area contributed by atoms with Gasteiger partial charge in [-0.2, -0.15) is 0 Å². The zero-order chi connectivity index (χ0) is 17.2. The lowest BCUT2D eigenvalue weighted by molar-refractivity contribution is 0.211. The lowest BCUT2D eigenvalue weighted by Crippen LogP contribution is -1.97. The molecular weight excluding hydrogens is 247 g/mol. The van der Waals surface area contributed by atoms with Crippen LogP contribution in [0.25, 0.3) is 0 Å². The lowest BCUT2D eigenvalue weighted by Gasteiger charge is -2.15. The second kappa shape index (κ2) is 5.73. The highest BCUT2D eigenvalue weighted by molar-refractivity contribution is 7.98. The largest absolute Gasteiger partial charge is 0.529 e. The van der Waals surface area contributed by atoms with Gasteiger partial charge in [0.25, 0.3) is 0 Å². The molecule has 1 rings (SSSR count). The van der Waals surface area contributed by atoms with E-state index in [2.05, 4.69) is 9.05 Å². The molecule has 0 saturated heterocycles. The first-order chi connectivity index (χ1) is 9.84. The Balaban J connectivity index is 3.08. The summed E-state index contributed by atoms with van der Waals surface area (Å²) in [5.74, 6) is -0.0212. The van der Waals surface area contributed by atoms with E-state index in [4.69, 9.17) is 12.7 Å². The monoisotopic (exact) mass is 268 g/mol. The van der Waals surface area contributed by atoms with Crippen molar-refractivity contribution in [1.29, 1.82) is 0 Å². The van der Waals surface area contributed by atoms with Gasteiger partial charge in [0.15, 0.2) is 0 Å². The van der Waals surface area contributed by atoms with Crippen molar-refractivity contribution < 1.29 is 26.4 Å². The predicted octanol–water partition coefficient (Wildman–Crippen LogP) is 3.50. The fourth-order valence-electron chi connectivity index (χ4n) is 1.09. The van der Waals surface area contributed by atoms with Gasteiger partial charge in [-0.1, -0.05) is 0 Å². The minimum atomic E-state index is -4.86. The molecule has 6 heteroatoms. The number of thioether (sulfide) groups is 1. The van der Waals surface area contributed by atoms with E-state index in [1.54, 1.807) is 13.0 Å². The van der Waals surface area contributed by atoms with E-state index in [0.29, 0.717) is 0 Å². The van der Waals surface area contributed by atoms with Gasteiger partial charge in [-0.15, -0.1) is 11.8 Å². The van der Waals surface area contributed by atoms with Crippen molar-refractivity contribution in [2.45, 2.75) is 11.8 Å². The quantitative estimate of drug-likeness (QED) is 0.604. The summed E-state index contributed by atoms with van der Waals surface area (Å²) in [6, 6.07) is 4.55. The number of phosphoric ester groups is 1. The average Bonchev–Trinajstić information content (AvgIpc) is 2.22. The third kappa shape index (κ3) is 3.25. The molecule has 0 spiro atoms. The van der Waals surface area contributed by atoms with Crippen LogP contribution in [0.1, 0.15) is 13.8 Å². The second-order valence-corrected chi connectivity index (χ2v) is 5.14. The Hall–Kier alpha value is -0.480. The third-order valence-corrected chi connectivity index (χ3v) is 3.59. The molecule has 0 aliphatic carbocycles. The Morgan fingerprint density at radius 1 is 1.38 bits per heavy atom. The molecule has 0 amide bonds. The van der Waals surface area contributed by atoms with E-state index in [1.807, 2.05) is 6.26 Å². The molecule has 0 heterocycles. The van der Waals surface area contributed by atoms with Crippen LogP contribution in [0.2, 0.25) is 0 Å². The summed E-state index contributed by atoms with van der Waals surface area (Å²) in [7, 11) is -11.1. The van der Waals surface area contributed by atoms with Crippen LogP contribution >= 0.6 is 19.6 Å². The number of rotatable bonds is 5. The normalized spacial score (nSPS) is 18.6. The van der Waals surface area contributed by atoms with Crippen molar-refractivity contribution in [3.05, 3.63) is 23.8 Å². The van der Waals surface area contributed by atoms with Crippen LogP contribution in [0.15, 0.2) is 23.1 Å². The molecule has 0 radical (unpaired) electrons. The van der Waals surface area contributed by atoms with Crippen LogP contribution in [0.3, 0.4) is 0 Å². The number of benzene rings is 1. The zero-order valence-electron chi connectivity index (χ0n) is 14.7. The van der Waals surface area contributed by atoms with Gasteiger partial charge >= 0.3 is 7.82 Å². The van der Waals surface area contributed by atoms with Gasteiger partial charge in [0.05, 0.1) is 8.22 Å². The van der Waals surface area contributed by atoms with Crippen LogP contribution in [-0.2, 0) is 13.6 Å². The molecule has 0 aliphatic rings. The molecule has 0 saturated carbocycles. The summed E-state index contributed by atoms with van der Waals surface area (Å²) in [6.07, 6.45) is 1.86. The molecule has 16 heavy (non-hydrogen) atoms. The Morgan fingerprint density at radius 3 is 2.56 bits per heavy atom. The molecule has 1 aromatic rings. The number of hydrogen-bond donors (Lipinski definition) is 0.